The zero-order chi connectivity index (χ0) is 25.6. The van der Waals surface area contributed by atoms with E-state index in [1.54, 1.807) is 36.4 Å². The van der Waals surface area contributed by atoms with Crippen LogP contribution in [0.2, 0.25) is 0 Å². The maximum Gasteiger partial charge on any atom is 0.359 e. The summed E-state index contributed by atoms with van der Waals surface area (Å²) in [6.45, 7) is 0. The highest BCUT2D eigenvalue weighted by Crippen LogP contribution is 2.29. The molecular formula is C32H24O5. The molecule has 1 unspecified atom stereocenters. The van der Waals surface area contributed by atoms with E-state index in [2.05, 4.69) is 0 Å². The van der Waals surface area contributed by atoms with Gasteiger partial charge in [0, 0.05) is 5.56 Å². The number of hydrogen-bond donors (Lipinski definition) is 0. The van der Waals surface area contributed by atoms with Crippen LogP contribution >= 0.6 is 0 Å². The Morgan fingerprint density at radius 1 is 0.568 bits per heavy atom. The fourth-order valence-corrected chi connectivity index (χ4v) is 4.37. The molecule has 5 rings (SSSR count). The van der Waals surface area contributed by atoms with Gasteiger partial charge in [0.15, 0.2) is 0 Å². The average molecular weight is 489 g/mol. The van der Waals surface area contributed by atoms with Crippen LogP contribution in [0.15, 0.2) is 115 Å². The molecule has 0 heterocycles. The second-order valence-corrected chi connectivity index (χ2v) is 8.75. The first-order valence-corrected chi connectivity index (χ1v) is 12.0. The highest BCUT2D eigenvalue weighted by molar-refractivity contribution is 5.95. The van der Waals surface area contributed by atoms with Crippen molar-refractivity contribution >= 4 is 39.5 Å². The van der Waals surface area contributed by atoms with E-state index in [9.17, 15) is 14.4 Å². The molecule has 5 nitrogen and oxygen atoms in total. The highest BCUT2D eigenvalue weighted by Gasteiger charge is 2.30. The predicted molar refractivity (Wildman–Crippen MR) is 142 cm³/mol. The molecule has 0 fully saturated rings. The summed E-state index contributed by atoms with van der Waals surface area (Å²) >= 11 is 0. The monoisotopic (exact) mass is 488 g/mol. The first kappa shape index (κ1) is 23.9. The Hall–Kier alpha value is -4.77. The number of carbonyl (C=O) groups is 3. The van der Waals surface area contributed by atoms with Crippen molar-refractivity contribution in [2.24, 2.45) is 0 Å². The van der Waals surface area contributed by atoms with Gasteiger partial charge >= 0.3 is 17.9 Å². The molecule has 0 radical (unpaired) electrons. The van der Waals surface area contributed by atoms with Gasteiger partial charge in [-0.1, -0.05) is 115 Å². The molecule has 1 atom stereocenters. The number of ether oxygens (including phenoxy) is 2. The predicted octanol–water partition coefficient (Wildman–Crippen LogP) is 6.13. The highest BCUT2D eigenvalue weighted by atomic mass is 16.6. The Balaban J connectivity index is 1.39. The maximum absolute atomic E-state index is 13.2. The van der Waals surface area contributed by atoms with Gasteiger partial charge in [-0.25, -0.2) is 4.79 Å². The Bertz CT molecular complexity index is 1580. The SMILES string of the molecule is O=C(Cc1ccccc1)OC(=O)C(OC(=O)Cc1ccc2ccccc2c1)c1cccc2ccccc12. The summed E-state index contributed by atoms with van der Waals surface area (Å²) in [5.74, 6) is -2.24. The smallest absolute Gasteiger partial charge is 0.359 e. The first-order chi connectivity index (χ1) is 18.1. The van der Waals surface area contributed by atoms with E-state index in [4.69, 9.17) is 9.47 Å². The van der Waals surface area contributed by atoms with Crippen LogP contribution in [-0.4, -0.2) is 17.9 Å². The Morgan fingerprint density at radius 2 is 1.22 bits per heavy atom. The summed E-state index contributed by atoms with van der Waals surface area (Å²) < 4.78 is 10.9. The van der Waals surface area contributed by atoms with Crippen molar-refractivity contribution in [3.8, 4) is 0 Å². The van der Waals surface area contributed by atoms with Crippen LogP contribution in [0.4, 0.5) is 0 Å². The maximum atomic E-state index is 13.2. The zero-order valence-corrected chi connectivity index (χ0v) is 20.0. The molecule has 182 valence electrons. The Kier molecular flexibility index (Phi) is 7.04. The number of benzene rings is 5. The topological polar surface area (TPSA) is 69.7 Å². The quantitative estimate of drug-likeness (QED) is 0.204. The summed E-state index contributed by atoms with van der Waals surface area (Å²) in [5.41, 5.74) is 1.94. The second kappa shape index (κ2) is 10.9. The van der Waals surface area contributed by atoms with Gasteiger partial charge in [-0.3, -0.25) is 9.59 Å². The van der Waals surface area contributed by atoms with Crippen LogP contribution in [0.25, 0.3) is 21.5 Å². The van der Waals surface area contributed by atoms with E-state index in [1.807, 2.05) is 78.9 Å². The van der Waals surface area contributed by atoms with Crippen molar-refractivity contribution in [2.45, 2.75) is 18.9 Å². The molecule has 5 aromatic rings. The van der Waals surface area contributed by atoms with Crippen LogP contribution in [0.3, 0.4) is 0 Å². The van der Waals surface area contributed by atoms with Crippen LogP contribution in [0.5, 0.6) is 0 Å². The largest absolute Gasteiger partial charge is 0.445 e. The third-order valence-corrected chi connectivity index (χ3v) is 6.14. The van der Waals surface area contributed by atoms with E-state index in [0.29, 0.717) is 5.56 Å². The Labute approximate surface area is 214 Å². The van der Waals surface area contributed by atoms with Gasteiger partial charge in [0.2, 0.25) is 6.10 Å². The minimum Gasteiger partial charge on any atom is -0.445 e. The third kappa shape index (κ3) is 5.73. The van der Waals surface area contributed by atoms with Gasteiger partial charge in [0.25, 0.3) is 0 Å². The average Bonchev–Trinajstić information content (AvgIpc) is 2.92. The lowest BCUT2D eigenvalue weighted by Gasteiger charge is -2.18. The normalized spacial score (nSPS) is 11.7. The van der Waals surface area contributed by atoms with E-state index >= 15 is 0 Å². The minimum absolute atomic E-state index is 0.0304. The zero-order valence-electron chi connectivity index (χ0n) is 20.0. The van der Waals surface area contributed by atoms with Crippen molar-refractivity contribution in [1.29, 1.82) is 0 Å². The van der Waals surface area contributed by atoms with Crippen molar-refractivity contribution in [2.75, 3.05) is 0 Å². The molecule has 0 aromatic heterocycles. The molecule has 0 aliphatic carbocycles. The van der Waals surface area contributed by atoms with Crippen LogP contribution in [-0.2, 0) is 36.7 Å². The molecule has 0 saturated heterocycles. The number of rotatable bonds is 7. The fourth-order valence-electron chi connectivity index (χ4n) is 4.37. The molecular weight excluding hydrogens is 464 g/mol. The number of fused-ring (bicyclic) bond motifs is 2. The molecule has 0 bridgehead atoms. The van der Waals surface area contributed by atoms with Gasteiger partial charge in [-0.15, -0.1) is 0 Å². The minimum atomic E-state index is -1.39. The molecule has 5 heteroatoms. The standard InChI is InChI=1S/C32H24O5/c33-29(21-23-17-18-24-11-4-5-13-26(24)19-23)36-31(28-16-8-14-25-12-6-7-15-27(25)28)32(35)37-30(34)20-22-9-2-1-3-10-22/h1-19,31H,20-21H2. The van der Waals surface area contributed by atoms with Crippen molar-refractivity contribution < 1.29 is 23.9 Å². The molecule has 0 aliphatic heterocycles. The molecule has 0 N–H and O–H groups in total. The van der Waals surface area contributed by atoms with Gasteiger partial charge in [-0.05, 0) is 32.7 Å². The van der Waals surface area contributed by atoms with Crippen LogP contribution < -0.4 is 0 Å². The summed E-state index contributed by atoms with van der Waals surface area (Å²) in [6.07, 6.45) is -1.49. The van der Waals surface area contributed by atoms with Gasteiger partial charge in [-0.2, -0.15) is 0 Å². The summed E-state index contributed by atoms with van der Waals surface area (Å²) in [5, 5.41) is 3.68. The second-order valence-electron chi connectivity index (χ2n) is 8.75. The van der Waals surface area contributed by atoms with Crippen molar-refractivity contribution in [3.05, 3.63) is 132 Å². The Morgan fingerprint density at radius 3 is 2.03 bits per heavy atom. The summed E-state index contributed by atoms with van der Waals surface area (Å²) in [7, 11) is 0. The van der Waals surface area contributed by atoms with E-state index in [-0.39, 0.29) is 12.8 Å². The summed E-state index contributed by atoms with van der Waals surface area (Å²) in [4.78, 5) is 38.8. The van der Waals surface area contributed by atoms with Crippen LogP contribution in [0, 0.1) is 0 Å². The van der Waals surface area contributed by atoms with Gasteiger partial charge < -0.3 is 9.47 Å². The molecule has 37 heavy (non-hydrogen) atoms. The van der Waals surface area contributed by atoms with E-state index < -0.39 is 24.0 Å². The van der Waals surface area contributed by atoms with E-state index in [1.165, 1.54) is 0 Å². The van der Waals surface area contributed by atoms with Gasteiger partial charge in [0.1, 0.15) is 0 Å². The molecule has 0 aliphatic rings. The third-order valence-electron chi connectivity index (χ3n) is 6.14. The van der Waals surface area contributed by atoms with Gasteiger partial charge in [0.05, 0.1) is 12.8 Å². The van der Waals surface area contributed by atoms with Crippen molar-refractivity contribution in [3.63, 3.8) is 0 Å². The fraction of sp³-hybridized carbons (Fsp3) is 0.0938. The molecule has 0 amide bonds. The molecule has 0 saturated carbocycles. The summed E-state index contributed by atoms with van der Waals surface area (Å²) in [6, 6.07) is 35.4. The van der Waals surface area contributed by atoms with Crippen molar-refractivity contribution in [1.82, 2.24) is 0 Å². The van der Waals surface area contributed by atoms with Crippen LogP contribution in [0.1, 0.15) is 22.8 Å². The first-order valence-electron chi connectivity index (χ1n) is 12.0. The number of hydrogen-bond acceptors (Lipinski definition) is 5. The molecule has 5 aromatic carbocycles. The molecule has 0 spiro atoms. The lowest BCUT2D eigenvalue weighted by molar-refractivity contribution is -0.174. The lowest BCUT2D eigenvalue weighted by Crippen LogP contribution is -2.26. The number of carbonyl (C=O) groups excluding carboxylic acids is 3. The number of esters is 3. The van der Waals surface area contributed by atoms with E-state index in [0.717, 1.165) is 32.7 Å². The lowest BCUT2D eigenvalue weighted by atomic mass is 10.00.